The van der Waals surface area contributed by atoms with Crippen LogP contribution in [0.2, 0.25) is 0 Å². The summed E-state index contributed by atoms with van der Waals surface area (Å²) in [6, 6.07) is 28.9. The van der Waals surface area contributed by atoms with E-state index in [1.54, 1.807) is 24.3 Å². The standard InChI is InChI=1S/C31H20FNO4S/c32-23-14-15-27(36-18-21-6-2-1-3-7-21)25(16-23)26(34)19-37-30-24-8-4-5-9-28(24)38-31(30)29(35)22-12-10-20(17-33)11-13-22/h1-16H,18-19H2. The van der Waals surface area contributed by atoms with Gasteiger partial charge in [-0.15, -0.1) is 11.3 Å². The van der Waals surface area contributed by atoms with Gasteiger partial charge in [-0.2, -0.15) is 5.26 Å². The number of nitrogens with zero attached hydrogens (tertiary/aromatic N) is 1. The molecule has 0 fully saturated rings. The SMILES string of the molecule is N#Cc1ccc(C(=O)c2sc3ccccc3c2OCC(=O)c2cc(F)ccc2OCc2ccccc2)cc1. The Labute approximate surface area is 222 Å². The van der Waals surface area contributed by atoms with Crippen LogP contribution >= 0.6 is 11.3 Å². The van der Waals surface area contributed by atoms with Gasteiger partial charge in [0.05, 0.1) is 17.2 Å². The summed E-state index contributed by atoms with van der Waals surface area (Å²) >= 11 is 1.26. The molecule has 7 heteroatoms. The lowest BCUT2D eigenvalue weighted by atomic mass is 10.1. The maximum Gasteiger partial charge on any atom is 0.206 e. The summed E-state index contributed by atoms with van der Waals surface area (Å²) in [5.74, 6) is -0.808. The van der Waals surface area contributed by atoms with Crippen molar-refractivity contribution < 1.29 is 23.5 Å². The Morgan fingerprint density at radius 3 is 2.37 bits per heavy atom. The van der Waals surface area contributed by atoms with Crippen LogP contribution in [0.5, 0.6) is 11.5 Å². The van der Waals surface area contributed by atoms with Gasteiger partial charge in [0.1, 0.15) is 28.8 Å². The highest BCUT2D eigenvalue weighted by atomic mass is 32.1. The number of carbonyl (C=O) groups excluding carboxylic acids is 2. The Kier molecular flexibility index (Phi) is 7.25. The van der Waals surface area contributed by atoms with Crippen molar-refractivity contribution in [2.24, 2.45) is 0 Å². The van der Waals surface area contributed by atoms with Gasteiger partial charge in [-0.3, -0.25) is 9.59 Å². The van der Waals surface area contributed by atoms with Crippen LogP contribution in [0.15, 0.2) is 97.1 Å². The Hall–Kier alpha value is -4.80. The molecule has 0 spiro atoms. The monoisotopic (exact) mass is 521 g/mol. The van der Waals surface area contributed by atoms with Gasteiger partial charge < -0.3 is 9.47 Å². The Bertz CT molecular complexity index is 1670. The molecule has 0 aliphatic rings. The lowest BCUT2D eigenvalue weighted by Crippen LogP contribution is -2.14. The van der Waals surface area contributed by atoms with Crippen molar-refractivity contribution in [1.29, 1.82) is 5.26 Å². The minimum Gasteiger partial charge on any atom is -0.488 e. The maximum atomic E-state index is 14.1. The smallest absolute Gasteiger partial charge is 0.206 e. The fourth-order valence-electron chi connectivity index (χ4n) is 3.94. The summed E-state index contributed by atoms with van der Waals surface area (Å²) < 4.78 is 26.7. The fraction of sp³-hybridized carbons (Fsp3) is 0.0645. The highest BCUT2D eigenvalue weighted by Crippen LogP contribution is 2.39. The number of thiophene rings is 1. The van der Waals surface area contributed by atoms with Crippen LogP contribution in [0.3, 0.4) is 0 Å². The molecule has 5 aromatic rings. The van der Waals surface area contributed by atoms with Crippen LogP contribution in [0.1, 0.15) is 36.7 Å². The summed E-state index contributed by atoms with van der Waals surface area (Å²) in [5, 5.41) is 9.75. The number of fused-ring (bicyclic) bond motifs is 1. The molecule has 1 aromatic heterocycles. The average Bonchev–Trinajstić information content (AvgIpc) is 3.34. The average molecular weight is 522 g/mol. The van der Waals surface area contributed by atoms with Crippen LogP contribution in [0.25, 0.3) is 10.1 Å². The minimum atomic E-state index is -0.571. The maximum absolute atomic E-state index is 14.1. The van der Waals surface area contributed by atoms with Gasteiger partial charge in [0.25, 0.3) is 0 Å². The molecule has 38 heavy (non-hydrogen) atoms. The normalized spacial score (nSPS) is 10.6. The van der Waals surface area contributed by atoms with E-state index in [0.717, 1.165) is 16.3 Å². The van der Waals surface area contributed by atoms with E-state index >= 15 is 0 Å². The van der Waals surface area contributed by atoms with Gasteiger partial charge >= 0.3 is 0 Å². The van der Waals surface area contributed by atoms with E-state index in [1.165, 1.54) is 23.5 Å². The summed E-state index contributed by atoms with van der Waals surface area (Å²) in [6.45, 7) is -0.203. The summed E-state index contributed by atoms with van der Waals surface area (Å²) in [4.78, 5) is 26.9. The molecule has 0 saturated heterocycles. The Morgan fingerprint density at radius 2 is 1.61 bits per heavy atom. The zero-order chi connectivity index (χ0) is 26.5. The highest BCUT2D eigenvalue weighted by Gasteiger charge is 2.23. The second-order valence-corrected chi connectivity index (χ2v) is 9.45. The number of benzene rings is 4. The van der Waals surface area contributed by atoms with Gasteiger partial charge in [-0.05, 0) is 60.2 Å². The molecular formula is C31H20FNO4S. The first-order chi connectivity index (χ1) is 18.5. The van der Waals surface area contributed by atoms with E-state index in [4.69, 9.17) is 14.7 Å². The zero-order valence-corrected chi connectivity index (χ0v) is 20.8. The summed E-state index contributed by atoms with van der Waals surface area (Å²) in [5.41, 5.74) is 1.80. The van der Waals surface area contributed by atoms with Crippen LogP contribution in [-0.2, 0) is 6.61 Å². The second-order valence-electron chi connectivity index (χ2n) is 8.40. The van der Waals surface area contributed by atoms with Crippen molar-refractivity contribution >= 4 is 33.0 Å². The quantitative estimate of drug-likeness (QED) is 0.196. The third kappa shape index (κ3) is 5.31. The number of rotatable bonds is 9. The van der Waals surface area contributed by atoms with Crippen molar-refractivity contribution in [3.8, 4) is 17.6 Å². The molecule has 0 N–H and O–H groups in total. The molecule has 0 unspecified atom stereocenters. The van der Waals surface area contributed by atoms with Crippen molar-refractivity contribution in [1.82, 2.24) is 0 Å². The number of hydrogen-bond acceptors (Lipinski definition) is 6. The largest absolute Gasteiger partial charge is 0.488 e. The molecular weight excluding hydrogens is 501 g/mol. The lowest BCUT2D eigenvalue weighted by molar-refractivity contribution is 0.0912. The number of ketones is 2. The number of ether oxygens (including phenoxy) is 2. The highest BCUT2D eigenvalue weighted by molar-refractivity contribution is 7.21. The van der Waals surface area contributed by atoms with Gasteiger partial charge in [-0.25, -0.2) is 4.39 Å². The topological polar surface area (TPSA) is 76.4 Å². The first-order valence-electron chi connectivity index (χ1n) is 11.7. The van der Waals surface area contributed by atoms with E-state index in [0.29, 0.717) is 21.4 Å². The molecule has 0 radical (unpaired) electrons. The van der Waals surface area contributed by atoms with Gasteiger partial charge in [0.2, 0.25) is 11.6 Å². The van der Waals surface area contributed by atoms with Crippen LogP contribution < -0.4 is 9.47 Å². The van der Waals surface area contributed by atoms with Crippen LogP contribution in [0.4, 0.5) is 4.39 Å². The predicted octanol–water partition coefficient (Wildman–Crippen LogP) is 6.98. The third-order valence-electron chi connectivity index (χ3n) is 5.86. The summed E-state index contributed by atoms with van der Waals surface area (Å²) in [6.07, 6.45) is 0. The number of carbonyl (C=O) groups is 2. The molecule has 4 aromatic carbocycles. The van der Waals surface area contributed by atoms with Crippen LogP contribution in [0, 0.1) is 17.1 Å². The van der Waals surface area contributed by atoms with Gasteiger partial charge in [0, 0.05) is 15.6 Å². The molecule has 5 rings (SSSR count). The van der Waals surface area contributed by atoms with Crippen molar-refractivity contribution in [3.63, 3.8) is 0 Å². The number of Topliss-reactive ketones (excluding diaryl/α,β-unsaturated/α-hetero) is 1. The first kappa shape index (κ1) is 24.9. The molecule has 0 amide bonds. The van der Waals surface area contributed by atoms with E-state index in [1.807, 2.05) is 60.7 Å². The fourth-order valence-corrected chi connectivity index (χ4v) is 5.05. The first-order valence-corrected chi connectivity index (χ1v) is 12.5. The van der Waals surface area contributed by atoms with E-state index in [2.05, 4.69) is 0 Å². The molecule has 0 bridgehead atoms. The van der Waals surface area contributed by atoms with E-state index in [9.17, 15) is 14.0 Å². The molecule has 0 aliphatic carbocycles. The molecule has 0 atom stereocenters. The van der Waals surface area contributed by atoms with E-state index < -0.39 is 18.2 Å². The minimum absolute atomic E-state index is 0.0560. The zero-order valence-electron chi connectivity index (χ0n) is 20.0. The Morgan fingerprint density at radius 1 is 0.868 bits per heavy atom. The summed E-state index contributed by atoms with van der Waals surface area (Å²) in [7, 11) is 0. The number of nitriles is 1. The van der Waals surface area contributed by atoms with Crippen molar-refractivity contribution in [3.05, 3.63) is 130 Å². The molecule has 5 nitrogen and oxygen atoms in total. The van der Waals surface area contributed by atoms with Crippen molar-refractivity contribution in [2.75, 3.05) is 6.61 Å². The lowest BCUT2D eigenvalue weighted by Gasteiger charge is -2.12. The predicted molar refractivity (Wildman–Crippen MR) is 143 cm³/mol. The molecule has 186 valence electrons. The van der Waals surface area contributed by atoms with E-state index in [-0.39, 0.29) is 29.5 Å². The third-order valence-corrected chi connectivity index (χ3v) is 7.01. The number of halogens is 1. The molecule has 0 saturated carbocycles. The number of hydrogen-bond donors (Lipinski definition) is 0. The Balaban J connectivity index is 1.41. The van der Waals surface area contributed by atoms with Crippen molar-refractivity contribution in [2.45, 2.75) is 6.61 Å². The van der Waals surface area contributed by atoms with Gasteiger partial charge in [-0.1, -0.05) is 42.5 Å². The van der Waals surface area contributed by atoms with Gasteiger partial charge in [0.15, 0.2) is 6.61 Å². The van der Waals surface area contributed by atoms with Crippen LogP contribution in [-0.4, -0.2) is 18.2 Å². The molecule has 1 heterocycles. The molecule has 0 aliphatic heterocycles. The second kappa shape index (κ2) is 11.1.